The van der Waals surface area contributed by atoms with Crippen molar-refractivity contribution in [2.24, 2.45) is 0 Å². The van der Waals surface area contributed by atoms with Crippen LogP contribution in [-0.4, -0.2) is 5.97 Å². The molecule has 122 valence electrons. The minimum Gasteiger partial charge on any atom is -0.423 e. The van der Waals surface area contributed by atoms with Gasteiger partial charge in [0.05, 0.1) is 11.1 Å². The van der Waals surface area contributed by atoms with E-state index in [-0.39, 0.29) is 11.3 Å². The van der Waals surface area contributed by atoms with Gasteiger partial charge >= 0.3 is 12.1 Å². The third kappa shape index (κ3) is 4.09. The van der Waals surface area contributed by atoms with Crippen LogP contribution in [0.2, 0.25) is 0 Å². The molecule has 0 spiro atoms. The molecular formula is C17H14F4O2. The van der Waals surface area contributed by atoms with Gasteiger partial charge in [-0.1, -0.05) is 26.0 Å². The fourth-order valence-electron chi connectivity index (χ4n) is 1.96. The first kappa shape index (κ1) is 17.0. The third-order valence-electron chi connectivity index (χ3n) is 3.27. The molecule has 2 aromatic carbocycles. The smallest absolute Gasteiger partial charge is 0.419 e. The van der Waals surface area contributed by atoms with Crippen molar-refractivity contribution in [2.45, 2.75) is 25.9 Å². The van der Waals surface area contributed by atoms with Crippen molar-refractivity contribution in [3.63, 3.8) is 0 Å². The summed E-state index contributed by atoms with van der Waals surface area (Å²) in [5.74, 6) is -1.89. The van der Waals surface area contributed by atoms with Crippen LogP contribution in [0.25, 0.3) is 0 Å². The van der Waals surface area contributed by atoms with E-state index in [2.05, 4.69) is 0 Å². The lowest BCUT2D eigenvalue weighted by Crippen LogP contribution is -2.12. The normalized spacial score (nSPS) is 11.6. The molecule has 0 bridgehead atoms. The molecule has 2 rings (SSSR count). The van der Waals surface area contributed by atoms with Gasteiger partial charge in [0, 0.05) is 0 Å². The molecule has 0 radical (unpaired) electrons. The number of hydrogen-bond donors (Lipinski definition) is 0. The zero-order valence-corrected chi connectivity index (χ0v) is 12.4. The van der Waals surface area contributed by atoms with E-state index in [9.17, 15) is 22.4 Å². The Labute approximate surface area is 130 Å². The molecule has 0 unspecified atom stereocenters. The van der Waals surface area contributed by atoms with Gasteiger partial charge in [0.25, 0.3) is 0 Å². The Hall–Kier alpha value is -2.37. The summed E-state index contributed by atoms with van der Waals surface area (Å²) in [5.41, 5.74) is -0.663. The van der Waals surface area contributed by atoms with Crippen molar-refractivity contribution < 1.29 is 27.1 Å². The van der Waals surface area contributed by atoms with E-state index in [1.54, 1.807) is 24.3 Å². The van der Waals surface area contributed by atoms with Crippen molar-refractivity contribution in [1.82, 2.24) is 0 Å². The number of benzene rings is 2. The molecule has 0 N–H and O–H groups in total. The molecule has 0 saturated heterocycles. The Morgan fingerprint density at radius 2 is 1.65 bits per heavy atom. The van der Waals surface area contributed by atoms with Gasteiger partial charge in [-0.05, 0) is 41.8 Å². The lowest BCUT2D eigenvalue weighted by atomic mass is 10.0. The first-order valence-corrected chi connectivity index (χ1v) is 6.87. The maximum atomic E-state index is 13.5. The second-order valence-electron chi connectivity index (χ2n) is 5.31. The van der Waals surface area contributed by atoms with Gasteiger partial charge in [0.2, 0.25) is 0 Å². The maximum Gasteiger partial charge on any atom is 0.419 e. The molecule has 0 aliphatic rings. The minimum atomic E-state index is -4.81. The average molecular weight is 326 g/mol. The highest BCUT2D eigenvalue weighted by Crippen LogP contribution is 2.31. The summed E-state index contributed by atoms with van der Waals surface area (Å²) in [6.45, 7) is 4.01. The van der Waals surface area contributed by atoms with E-state index in [1.807, 2.05) is 13.8 Å². The van der Waals surface area contributed by atoms with Crippen LogP contribution in [0, 0.1) is 5.82 Å². The highest BCUT2D eigenvalue weighted by Gasteiger charge is 2.34. The second-order valence-corrected chi connectivity index (χ2v) is 5.31. The number of carbonyl (C=O) groups is 1. The number of hydrogen-bond acceptors (Lipinski definition) is 2. The fraction of sp³-hybridized carbons (Fsp3) is 0.235. The fourth-order valence-corrected chi connectivity index (χ4v) is 1.96. The standard InChI is InChI=1S/C17H14F4O2/c1-10(2)11-3-6-13(7-4-11)23-16(22)12-5-8-14(15(18)9-12)17(19,20)21/h3-10H,1-2H3. The molecule has 2 aromatic rings. The molecule has 2 nitrogen and oxygen atoms in total. The second kappa shape index (κ2) is 6.40. The summed E-state index contributed by atoms with van der Waals surface area (Å²) in [7, 11) is 0. The molecule has 0 aromatic heterocycles. The zero-order chi connectivity index (χ0) is 17.2. The predicted molar refractivity (Wildman–Crippen MR) is 76.9 cm³/mol. The van der Waals surface area contributed by atoms with Gasteiger partial charge < -0.3 is 4.74 Å². The Bertz CT molecular complexity index is 704. The largest absolute Gasteiger partial charge is 0.423 e. The molecular weight excluding hydrogens is 312 g/mol. The Kier molecular flexibility index (Phi) is 4.73. The van der Waals surface area contributed by atoms with E-state index in [4.69, 9.17) is 4.74 Å². The number of rotatable bonds is 3. The topological polar surface area (TPSA) is 26.3 Å². The first-order valence-electron chi connectivity index (χ1n) is 6.87. The number of carbonyl (C=O) groups excluding carboxylic acids is 1. The van der Waals surface area contributed by atoms with Gasteiger partial charge in [-0.25, -0.2) is 9.18 Å². The number of esters is 1. The van der Waals surface area contributed by atoms with Gasteiger partial charge in [-0.3, -0.25) is 0 Å². The Morgan fingerprint density at radius 1 is 1.04 bits per heavy atom. The molecule has 23 heavy (non-hydrogen) atoms. The lowest BCUT2D eigenvalue weighted by Gasteiger charge is -2.10. The molecule has 0 heterocycles. The summed E-state index contributed by atoms with van der Waals surface area (Å²) < 4.78 is 55.9. The predicted octanol–water partition coefficient (Wildman–Crippen LogP) is 5.19. The van der Waals surface area contributed by atoms with Crippen LogP contribution in [0.4, 0.5) is 17.6 Å². The van der Waals surface area contributed by atoms with E-state index < -0.39 is 23.5 Å². The highest BCUT2D eigenvalue weighted by molar-refractivity contribution is 5.91. The van der Waals surface area contributed by atoms with Gasteiger partial charge in [0.1, 0.15) is 11.6 Å². The number of halogens is 4. The lowest BCUT2D eigenvalue weighted by molar-refractivity contribution is -0.140. The molecule has 0 aliphatic carbocycles. The van der Waals surface area contributed by atoms with Crippen LogP contribution in [0.1, 0.15) is 41.3 Å². The first-order chi connectivity index (χ1) is 10.7. The van der Waals surface area contributed by atoms with Crippen LogP contribution >= 0.6 is 0 Å². The Balaban J connectivity index is 2.16. The monoisotopic (exact) mass is 326 g/mol. The summed E-state index contributed by atoms with van der Waals surface area (Å²) in [6, 6.07) is 8.64. The number of ether oxygens (including phenoxy) is 1. The molecule has 6 heteroatoms. The van der Waals surface area contributed by atoms with Crippen molar-refractivity contribution in [1.29, 1.82) is 0 Å². The molecule has 0 saturated carbocycles. The van der Waals surface area contributed by atoms with Crippen molar-refractivity contribution in [3.8, 4) is 5.75 Å². The van der Waals surface area contributed by atoms with Crippen molar-refractivity contribution in [2.75, 3.05) is 0 Å². The SMILES string of the molecule is CC(C)c1ccc(OC(=O)c2ccc(C(F)(F)F)c(F)c2)cc1. The van der Waals surface area contributed by atoms with Gasteiger partial charge in [0.15, 0.2) is 0 Å². The minimum absolute atomic E-state index is 0.236. The molecule has 0 aliphatic heterocycles. The summed E-state index contributed by atoms with van der Waals surface area (Å²) >= 11 is 0. The quantitative estimate of drug-likeness (QED) is 0.441. The molecule has 0 atom stereocenters. The van der Waals surface area contributed by atoms with E-state index in [0.29, 0.717) is 18.1 Å². The van der Waals surface area contributed by atoms with Crippen molar-refractivity contribution in [3.05, 3.63) is 65.0 Å². The van der Waals surface area contributed by atoms with Crippen molar-refractivity contribution >= 4 is 5.97 Å². The molecule has 0 fully saturated rings. The number of alkyl halides is 3. The van der Waals surface area contributed by atoms with Crippen LogP contribution in [-0.2, 0) is 6.18 Å². The zero-order valence-electron chi connectivity index (χ0n) is 12.4. The average Bonchev–Trinajstić information content (AvgIpc) is 2.46. The summed E-state index contributed by atoms with van der Waals surface area (Å²) in [5, 5.41) is 0. The van der Waals surface area contributed by atoms with Crippen LogP contribution < -0.4 is 4.74 Å². The Morgan fingerprint density at radius 3 is 2.13 bits per heavy atom. The molecule has 0 amide bonds. The highest BCUT2D eigenvalue weighted by atomic mass is 19.4. The summed E-state index contributed by atoms with van der Waals surface area (Å²) in [4.78, 5) is 11.9. The van der Waals surface area contributed by atoms with Crippen LogP contribution in [0.15, 0.2) is 42.5 Å². The maximum absolute atomic E-state index is 13.5. The third-order valence-corrected chi connectivity index (χ3v) is 3.27. The van der Waals surface area contributed by atoms with Gasteiger partial charge in [-0.2, -0.15) is 13.2 Å². The van der Waals surface area contributed by atoms with E-state index >= 15 is 0 Å². The van der Waals surface area contributed by atoms with Gasteiger partial charge in [-0.15, -0.1) is 0 Å². The van der Waals surface area contributed by atoms with E-state index in [1.165, 1.54) is 0 Å². The van der Waals surface area contributed by atoms with Crippen LogP contribution in [0.5, 0.6) is 5.75 Å². The van der Waals surface area contributed by atoms with E-state index in [0.717, 1.165) is 11.6 Å². The van der Waals surface area contributed by atoms with Crippen LogP contribution in [0.3, 0.4) is 0 Å². The summed E-state index contributed by atoms with van der Waals surface area (Å²) in [6.07, 6.45) is -4.81.